The van der Waals surface area contributed by atoms with E-state index in [2.05, 4.69) is 37.1 Å². The SMILES string of the molecule is CCCCCN1C(N)=Nc2ccn(Cc3cc(-c4nn[nH]n4)ccc3OC)c2C1N. The first kappa shape index (κ1) is 19.9. The Morgan fingerprint density at radius 2 is 2.10 bits per heavy atom. The summed E-state index contributed by atoms with van der Waals surface area (Å²) in [5.74, 6) is 1.78. The number of H-pyrrole nitrogens is 1. The van der Waals surface area contributed by atoms with Crippen LogP contribution in [-0.4, -0.2) is 49.7 Å². The number of hydrogen-bond donors (Lipinski definition) is 3. The number of aliphatic imine (C=N–C) groups is 1. The zero-order valence-electron chi connectivity index (χ0n) is 17.2. The van der Waals surface area contributed by atoms with Gasteiger partial charge >= 0.3 is 0 Å². The Morgan fingerprint density at radius 1 is 1.23 bits per heavy atom. The van der Waals surface area contributed by atoms with E-state index in [-0.39, 0.29) is 6.17 Å². The molecule has 5 N–H and O–H groups in total. The highest BCUT2D eigenvalue weighted by Crippen LogP contribution is 2.34. The van der Waals surface area contributed by atoms with Crippen LogP contribution in [0.2, 0.25) is 0 Å². The van der Waals surface area contributed by atoms with Crippen molar-refractivity contribution in [2.45, 2.75) is 38.9 Å². The highest BCUT2D eigenvalue weighted by molar-refractivity contribution is 5.84. The third-order valence-electron chi connectivity index (χ3n) is 5.36. The van der Waals surface area contributed by atoms with E-state index in [9.17, 15) is 0 Å². The molecule has 0 amide bonds. The zero-order chi connectivity index (χ0) is 21.1. The van der Waals surface area contributed by atoms with E-state index in [1.807, 2.05) is 35.4 Å². The van der Waals surface area contributed by atoms with Crippen LogP contribution in [-0.2, 0) is 6.54 Å². The van der Waals surface area contributed by atoms with E-state index in [1.165, 1.54) is 0 Å². The number of hydrogen-bond acceptors (Lipinski definition) is 8. The maximum absolute atomic E-state index is 6.62. The lowest BCUT2D eigenvalue weighted by Gasteiger charge is -2.34. The van der Waals surface area contributed by atoms with Gasteiger partial charge in [-0.1, -0.05) is 19.8 Å². The molecule has 10 nitrogen and oxygen atoms in total. The standard InChI is InChI=1S/C20H27N9O/c1-3-4-5-9-29-18(21)17-15(23-20(29)22)8-10-28(17)12-14-11-13(6-7-16(14)30-2)19-24-26-27-25-19/h6-8,10-11,18H,3-5,9,12,21H2,1-2H3,(H2,22,23)(H,24,25,26,27). The van der Waals surface area contributed by atoms with E-state index in [0.717, 1.165) is 54.1 Å². The Hall–Kier alpha value is -3.40. The predicted octanol–water partition coefficient (Wildman–Crippen LogP) is 2.13. The summed E-state index contributed by atoms with van der Waals surface area (Å²) in [5, 5.41) is 14.2. The molecule has 30 heavy (non-hydrogen) atoms. The minimum atomic E-state index is -0.351. The van der Waals surface area contributed by atoms with Crippen LogP contribution < -0.4 is 16.2 Å². The van der Waals surface area contributed by atoms with E-state index in [4.69, 9.17) is 16.2 Å². The van der Waals surface area contributed by atoms with Crippen LogP contribution in [0.1, 0.15) is 43.6 Å². The Morgan fingerprint density at radius 3 is 2.83 bits per heavy atom. The van der Waals surface area contributed by atoms with Gasteiger partial charge in [0, 0.05) is 23.9 Å². The summed E-state index contributed by atoms with van der Waals surface area (Å²) >= 11 is 0. The van der Waals surface area contributed by atoms with Crippen LogP contribution in [0, 0.1) is 0 Å². The summed E-state index contributed by atoms with van der Waals surface area (Å²) in [7, 11) is 1.66. The quantitative estimate of drug-likeness (QED) is 0.485. The molecule has 2 aromatic heterocycles. The number of rotatable bonds is 8. The lowest BCUT2D eigenvalue weighted by atomic mass is 10.1. The molecule has 10 heteroatoms. The van der Waals surface area contributed by atoms with Crippen LogP contribution in [0.4, 0.5) is 5.69 Å². The molecule has 1 atom stereocenters. The first-order valence-electron chi connectivity index (χ1n) is 10.1. The summed E-state index contributed by atoms with van der Waals surface area (Å²) in [6, 6.07) is 7.76. The van der Waals surface area contributed by atoms with E-state index >= 15 is 0 Å². The van der Waals surface area contributed by atoms with Crippen molar-refractivity contribution in [2.75, 3.05) is 13.7 Å². The van der Waals surface area contributed by atoms with Crippen LogP contribution in [0.3, 0.4) is 0 Å². The fraction of sp³-hybridized carbons (Fsp3) is 0.400. The second kappa shape index (κ2) is 8.54. The fourth-order valence-electron chi connectivity index (χ4n) is 3.80. The number of ether oxygens (including phenoxy) is 1. The molecule has 1 aliphatic rings. The minimum absolute atomic E-state index is 0.351. The van der Waals surface area contributed by atoms with Gasteiger partial charge in [-0.05, 0) is 35.9 Å². The third-order valence-corrected chi connectivity index (χ3v) is 5.36. The highest BCUT2D eigenvalue weighted by atomic mass is 16.5. The van der Waals surface area contributed by atoms with E-state index < -0.39 is 0 Å². The van der Waals surface area contributed by atoms with Gasteiger partial charge in [-0.2, -0.15) is 5.21 Å². The molecule has 3 heterocycles. The summed E-state index contributed by atoms with van der Waals surface area (Å²) in [6.07, 6.45) is 4.92. The average Bonchev–Trinajstić information content (AvgIpc) is 3.41. The number of benzene rings is 1. The lowest BCUT2D eigenvalue weighted by molar-refractivity contribution is 0.295. The molecule has 0 bridgehead atoms. The molecule has 1 aromatic carbocycles. The van der Waals surface area contributed by atoms with Crippen molar-refractivity contribution in [2.24, 2.45) is 16.5 Å². The van der Waals surface area contributed by atoms with Gasteiger partial charge in [0.05, 0.1) is 25.0 Å². The minimum Gasteiger partial charge on any atom is -0.496 e. The predicted molar refractivity (Wildman–Crippen MR) is 114 cm³/mol. The van der Waals surface area contributed by atoms with Gasteiger partial charge in [0.2, 0.25) is 5.82 Å². The normalized spacial score (nSPS) is 15.8. The summed E-state index contributed by atoms with van der Waals surface area (Å²) in [4.78, 5) is 6.55. The Labute approximate surface area is 174 Å². The largest absolute Gasteiger partial charge is 0.496 e. The van der Waals surface area contributed by atoms with Crippen molar-refractivity contribution in [3.8, 4) is 17.1 Å². The first-order valence-corrected chi connectivity index (χ1v) is 10.1. The molecule has 0 aliphatic carbocycles. The number of nitrogens with two attached hydrogens (primary N) is 2. The van der Waals surface area contributed by atoms with Crippen molar-refractivity contribution in [1.29, 1.82) is 0 Å². The maximum Gasteiger partial charge on any atom is 0.204 e. The van der Waals surface area contributed by atoms with Crippen molar-refractivity contribution in [3.63, 3.8) is 0 Å². The van der Waals surface area contributed by atoms with Crippen LogP contribution in [0.25, 0.3) is 11.4 Å². The van der Waals surface area contributed by atoms with Gasteiger partial charge < -0.3 is 25.7 Å². The molecule has 1 aliphatic heterocycles. The second-order valence-corrected chi connectivity index (χ2v) is 7.29. The lowest BCUT2D eigenvalue weighted by Crippen LogP contribution is -2.46. The fourth-order valence-corrected chi connectivity index (χ4v) is 3.80. The number of guanidine groups is 1. The number of aromatic amines is 1. The Kier molecular flexibility index (Phi) is 5.66. The van der Waals surface area contributed by atoms with Crippen LogP contribution in [0.5, 0.6) is 5.75 Å². The maximum atomic E-state index is 6.62. The van der Waals surface area contributed by atoms with Gasteiger partial charge in [0.15, 0.2) is 5.96 Å². The van der Waals surface area contributed by atoms with Gasteiger partial charge in [-0.15, -0.1) is 10.2 Å². The molecule has 0 fully saturated rings. The van der Waals surface area contributed by atoms with Crippen molar-refractivity contribution < 1.29 is 4.74 Å². The molecule has 3 aromatic rings. The van der Waals surface area contributed by atoms with Crippen LogP contribution >= 0.6 is 0 Å². The number of nitrogens with zero attached hydrogens (tertiary/aromatic N) is 6. The van der Waals surface area contributed by atoms with Crippen molar-refractivity contribution in [3.05, 3.63) is 41.7 Å². The van der Waals surface area contributed by atoms with Crippen molar-refractivity contribution in [1.82, 2.24) is 30.1 Å². The summed E-state index contributed by atoms with van der Waals surface area (Å²) in [6.45, 7) is 3.52. The number of unbranched alkanes of at least 4 members (excludes halogenated alkanes) is 2. The molecule has 1 unspecified atom stereocenters. The summed E-state index contributed by atoms with van der Waals surface area (Å²) < 4.78 is 7.67. The number of methoxy groups -OCH3 is 1. The molecule has 0 saturated carbocycles. The highest BCUT2D eigenvalue weighted by Gasteiger charge is 2.28. The van der Waals surface area contributed by atoms with Gasteiger partial charge in [-0.3, -0.25) is 0 Å². The molecule has 0 saturated heterocycles. The number of aromatic nitrogens is 5. The first-order chi connectivity index (χ1) is 14.6. The van der Waals surface area contributed by atoms with Gasteiger partial charge in [0.1, 0.15) is 11.9 Å². The molecule has 0 spiro atoms. The van der Waals surface area contributed by atoms with E-state index in [0.29, 0.717) is 18.3 Å². The van der Waals surface area contributed by atoms with Crippen molar-refractivity contribution >= 4 is 11.6 Å². The number of tetrazole rings is 1. The monoisotopic (exact) mass is 409 g/mol. The number of fused-ring (bicyclic) bond motifs is 1. The molecule has 0 radical (unpaired) electrons. The Bertz CT molecular complexity index is 1030. The molecule has 158 valence electrons. The topological polar surface area (TPSA) is 136 Å². The van der Waals surface area contributed by atoms with Gasteiger partial charge in [0.25, 0.3) is 0 Å². The third kappa shape index (κ3) is 3.73. The molecule has 4 rings (SSSR count). The zero-order valence-corrected chi connectivity index (χ0v) is 17.2. The summed E-state index contributed by atoms with van der Waals surface area (Å²) in [5.41, 5.74) is 16.4. The van der Waals surface area contributed by atoms with Crippen LogP contribution in [0.15, 0.2) is 35.5 Å². The molecular weight excluding hydrogens is 382 g/mol. The van der Waals surface area contributed by atoms with Gasteiger partial charge in [-0.25, -0.2) is 4.99 Å². The smallest absolute Gasteiger partial charge is 0.204 e. The number of nitrogens with one attached hydrogen (secondary N) is 1. The Balaban J connectivity index is 1.64. The average molecular weight is 409 g/mol. The van der Waals surface area contributed by atoms with E-state index in [1.54, 1.807) is 7.11 Å². The molecular formula is C20H27N9O. The second-order valence-electron chi connectivity index (χ2n) is 7.29.